The molecule has 0 bridgehead atoms. The van der Waals surface area contributed by atoms with Crippen LogP contribution >= 0.6 is 0 Å². The van der Waals surface area contributed by atoms with Crippen LogP contribution in [0.15, 0.2) is 28.8 Å². The van der Waals surface area contributed by atoms with Crippen molar-refractivity contribution in [3.05, 3.63) is 52.9 Å². The van der Waals surface area contributed by atoms with Crippen molar-refractivity contribution >= 4 is 5.91 Å². The fraction of sp³-hybridized carbons (Fsp3) is 0.412. The lowest BCUT2D eigenvalue weighted by Crippen LogP contribution is -2.33. The molecule has 0 radical (unpaired) electrons. The molecule has 2 aliphatic carbocycles. The van der Waals surface area contributed by atoms with Gasteiger partial charge in [0.25, 0.3) is 5.91 Å². The van der Waals surface area contributed by atoms with Crippen molar-refractivity contribution in [3.8, 4) is 0 Å². The second-order valence-corrected chi connectivity index (χ2v) is 6.29. The summed E-state index contributed by atoms with van der Waals surface area (Å²) in [6, 6.07) is 5.21. The molecular formula is C17H16F2N2O2. The molecule has 0 atom stereocenters. The van der Waals surface area contributed by atoms with Crippen molar-refractivity contribution in [1.29, 1.82) is 0 Å². The van der Waals surface area contributed by atoms with Crippen molar-refractivity contribution in [2.45, 2.75) is 44.2 Å². The van der Waals surface area contributed by atoms with E-state index in [0.717, 1.165) is 37.5 Å². The van der Waals surface area contributed by atoms with Crippen molar-refractivity contribution in [1.82, 2.24) is 10.1 Å². The fourth-order valence-corrected chi connectivity index (χ4v) is 2.68. The van der Waals surface area contributed by atoms with Gasteiger partial charge in [-0.05, 0) is 31.7 Å². The average Bonchev–Trinajstić information content (AvgIpc) is 3.45. The van der Waals surface area contributed by atoms with Gasteiger partial charge in [0.1, 0.15) is 17.4 Å². The highest BCUT2D eigenvalue weighted by Gasteiger charge is 2.36. The lowest BCUT2D eigenvalue weighted by atomic mass is 10.1. The van der Waals surface area contributed by atoms with Gasteiger partial charge in [0, 0.05) is 36.2 Å². The first kappa shape index (κ1) is 14.4. The van der Waals surface area contributed by atoms with Crippen LogP contribution in [0, 0.1) is 11.6 Å². The van der Waals surface area contributed by atoms with Crippen LogP contribution in [0.4, 0.5) is 8.78 Å². The Morgan fingerprint density at radius 3 is 2.65 bits per heavy atom. The van der Waals surface area contributed by atoms with Gasteiger partial charge < -0.3 is 9.42 Å². The second-order valence-electron chi connectivity index (χ2n) is 6.29. The summed E-state index contributed by atoms with van der Waals surface area (Å²) in [7, 11) is 0. The molecule has 2 fully saturated rings. The van der Waals surface area contributed by atoms with Gasteiger partial charge >= 0.3 is 0 Å². The topological polar surface area (TPSA) is 46.3 Å². The van der Waals surface area contributed by atoms with E-state index in [-0.39, 0.29) is 24.2 Å². The highest BCUT2D eigenvalue weighted by atomic mass is 19.1. The fourth-order valence-electron chi connectivity index (χ4n) is 2.68. The number of rotatable bonds is 5. The summed E-state index contributed by atoms with van der Waals surface area (Å²) >= 11 is 0. The van der Waals surface area contributed by atoms with Crippen LogP contribution in [0.25, 0.3) is 0 Å². The Kier molecular flexibility index (Phi) is 3.39. The van der Waals surface area contributed by atoms with E-state index >= 15 is 0 Å². The minimum atomic E-state index is -0.637. The molecule has 0 spiro atoms. The van der Waals surface area contributed by atoms with E-state index in [1.165, 1.54) is 12.1 Å². The van der Waals surface area contributed by atoms with Crippen molar-refractivity contribution in [2.75, 3.05) is 0 Å². The summed E-state index contributed by atoms with van der Waals surface area (Å²) in [4.78, 5) is 14.3. The van der Waals surface area contributed by atoms with Gasteiger partial charge in [-0.2, -0.15) is 0 Å². The first-order chi connectivity index (χ1) is 11.1. The highest BCUT2D eigenvalue weighted by Crippen LogP contribution is 2.40. The summed E-state index contributed by atoms with van der Waals surface area (Å²) in [5.41, 5.74) is 0.568. The molecule has 4 rings (SSSR count). The molecule has 2 aromatic rings. The van der Waals surface area contributed by atoms with E-state index in [4.69, 9.17) is 4.52 Å². The van der Waals surface area contributed by atoms with E-state index < -0.39 is 11.6 Å². The molecule has 2 saturated carbocycles. The monoisotopic (exact) mass is 318 g/mol. The number of aromatic nitrogens is 1. The van der Waals surface area contributed by atoms with E-state index in [1.54, 1.807) is 11.0 Å². The van der Waals surface area contributed by atoms with Crippen LogP contribution < -0.4 is 0 Å². The summed E-state index contributed by atoms with van der Waals surface area (Å²) < 4.78 is 32.1. The van der Waals surface area contributed by atoms with Gasteiger partial charge in [0.15, 0.2) is 5.69 Å². The molecule has 1 amide bonds. The minimum Gasteiger partial charge on any atom is -0.360 e. The van der Waals surface area contributed by atoms with E-state index in [9.17, 15) is 13.6 Å². The summed E-state index contributed by atoms with van der Waals surface area (Å²) in [6.45, 7) is 0.112. The Hall–Kier alpha value is -2.24. The zero-order valence-corrected chi connectivity index (χ0v) is 12.5. The van der Waals surface area contributed by atoms with Crippen LogP contribution in [0.1, 0.15) is 53.4 Å². The average molecular weight is 318 g/mol. The third kappa shape index (κ3) is 2.98. The van der Waals surface area contributed by atoms with Crippen LogP contribution in [0.2, 0.25) is 0 Å². The van der Waals surface area contributed by atoms with E-state index in [0.29, 0.717) is 11.5 Å². The minimum absolute atomic E-state index is 0.0908. The number of halogens is 2. The Morgan fingerprint density at radius 2 is 2.00 bits per heavy atom. The van der Waals surface area contributed by atoms with Gasteiger partial charge in [0.05, 0.1) is 0 Å². The number of carbonyl (C=O) groups is 1. The normalized spacial score (nSPS) is 17.3. The highest BCUT2D eigenvalue weighted by molar-refractivity contribution is 5.92. The molecule has 1 aromatic heterocycles. The van der Waals surface area contributed by atoms with Gasteiger partial charge in [-0.1, -0.05) is 11.2 Å². The largest absolute Gasteiger partial charge is 0.360 e. The van der Waals surface area contributed by atoms with E-state index in [1.807, 2.05) is 0 Å². The maximum Gasteiger partial charge on any atom is 0.276 e. The lowest BCUT2D eigenvalue weighted by molar-refractivity contribution is 0.0717. The molecule has 120 valence electrons. The van der Waals surface area contributed by atoms with Crippen LogP contribution in [-0.4, -0.2) is 22.0 Å². The molecule has 6 heteroatoms. The zero-order valence-electron chi connectivity index (χ0n) is 12.5. The van der Waals surface area contributed by atoms with E-state index in [2.05, 4.69) is 5.16 Å². The Balaban J connectivity index is 1.55. The summed E-state index contributed by atoms with van der Waals surface area (Å²) in [5, 5.41) is 3.87. The second kappa shape index (κ2) is 5.44. The molecule has 0 saturated heterocycles. The number of carbonyl (C=O) groups excluding carboxylic acids is 1. The quantitative estimate of drug-likeness (QED) is 0.845. The predicted molar refractivity (Wildman–Crippen MR) is 77.7 cm³/mol. The number of hydrogen-bond donors (Lipinski definition) is 0. The SMILES string of the molecule is O=C(c1cc(C2CC2)on1)N(Cc1ccc(F)cc1F)C1CC1. The third-order valence-corrected chi connectivity index (χ3v) is 4.33. The van der Waals surface area contributed by atoms with Crippen molar-refractivity contribution in [3.63, 3.8) is 0 Å². The summed E-state index contributed by atoms with van der Waals surface area (Å²) in [5.74, 6) is -0.389. The molecule has 1 aromatic carbocycles. The standard InChI is InChI=1S/C17H16F2N2O2/c18-12-4-3-11(14(19)7-12)9-21(13-5-6-13)17(22)15-8-16(23-20-15)10-1-2-10/h3-4,7-8,10,13H,1-2,5-6,9H2. The summed E-state index contributed by atoms with van der Waals surface area (Å²) in [6.07, 6.45) is 3.91. The van der Waals surface area contributed by atoms with Crippen LogP contribution in [-0.2, 0) is 6.54 Å². The Morgan fingerprint density at radius 1 is 1.22 bits per heavy atom. The molecule has 0 unspecified atom stereocenters. The number of hydrogen-bond acceptors (Lipinski definition) is 3. The zero-order chi connectivity index (χ0) is 16.0. The van der Waals surface area contributed by atoms with Gasteiger partial charge in [0.2, 0.25) is 0 Å². The molecule has 23 heavy (non-hydrogen) atoms. The number of amides is 1. The smallest absolute Gasteiger partial charge is 0.276 e. The Labute approximate surface area is 132 Å². The van der Waals surface area contributed by atoms with Crippen LogP contribution in [0.3, 0.4) is 0 Å². The first-order valence-electron chi connectivity index (χ1n) is 7.83. The lowest BCUT2D eigenvalue weighted by Gasteiger charge is -2.21. The van der Waals surface area contributed by atoms with Crippen LogP contribution in [0.5, 0.6) is 0 Å². The molecule has 4 nitrogen and oxygen atoms in total. The van der Waals surface area contributed by atoms with Crippen molar-refractivity contribution < 1.29 is 18.1 Å². The maximum absolute atomic E-state index is 13.9. The van der Waals surface area contributed by atoms with Gasteiger partial charge in [-0.15, -0.1) is 0 Å². The predicted octanol–water partition coefficient (Wildman–Crippen LogP) is 3.64. The Bertz CT molecular complexity index is 751. The molecule has 0 aliphatic heterocycles. The number of nitrogens with zero attached hydrogens (tertiary/aromatic N) is 2. The number of benzene rings is 1. The maximum atomic E-state index is 13.9. The molecule has 0 N–H and O–H groups in total. The molecule has 2 aliphatic rings. The van der Waals surface area contributed by atoms with Gasteiger partial charge in [-0.3, -0.25) is 4.79 Å². The van der Waals surface area contributed by atoms with Gasteiger partial charge in [-0.25, -0.2) is 8.78 Å². The molecular weight excluding hydrogens is 302 g/mol. The molecule has 1 heterocycles. The first-order valence-corrected chi connectivity index (χ1v) is 7.83. The third-order valence-electron chi connectivity index (χ3n) is 4.33. The van der Waals surface area contributed by atoms with Crippen molar-refractivity contribution in [2.24, 2.45) is 0 Å².